The Morgan fingerprint density at radius 1 is 1.28 bits per heavy atom. The molecule has 196 valence electrons. The smallest absolute Gasteiger partial charge is 0.348 e. The molecule has 11 atom stereocenters. The zero-order valence-electron chi connectivity index (χ0n) is 20.8. The molecule has 0 radical (unpaired) electrons. The van der Waals surface area contributed by atoms with Gasteiger partial charge in [-0.15, -0.1) is 0 Å². The number of fused-ring (bicyclic) bond motifs is 1. The third kappa shape index (κ3) is 2.83. The number of ketones is 1. The van der Waals surface area contributed by atoms with Crippen molar-refractivity contribution in [3.63, 3.8) is 0 Å². The van der Waals surface area contributed by atoms with Crippen molar-refractivity contribution in [1.82, 2.24) is 0 Å². The van der Waals surface area contributed by atoms with Crippen molar-refractivity contribution in [3.8, 4) is 0 Å². The summed E-state index contributed by atoms with van der Waals surface area (Å²) in [5.74, 6) is -6.46. The molecule has 0 aromatic carbocycles. The average molecular weight is 503 g/mol. The minimum atomic E-state index is -2.06. The second-order valence-electron chi connectivity index (χ2n) is 12.0. The van der Waals surface area contributed by atoms with Gasteiger partial charge in [-0.25, -0.2) is 4.79 Å². The molecule has 11 unspecified atom stereocenters. The average Bonchev–Trinajstić information content (AvgIpc) is 3.42. The highest BCUT2D eigenvalue weighted by Crippen LogP contribution is 2.73. The summed E-state index contributed by atoms with van der Waals surface area (Å²) in [6.45, 7) is 5.21. The molecule has 3 N–H and O–H groups in total. The second kappa shape index (κ2) is 7.72. The van der Waals surface area contributed by atoms with Crippen molar-refractivity contribution in [2.45, 2.75) is 83.1 Å². The maximum atomic E-state index is 13.3. The summed E-state index contributed by atoms with van der Waals surface area (Å²) in [4.78, 5) is 39.1. The van der Waals surface area contributed by atoms with Crippen molar-refractivity contribution in [2.75, 3.05) is 6.61 Å². The molecule has 9 nitrogen and oxygen atoms in total. The van der Waals surface area contributed by atoms with Gasteiger partial charge >= 0.3 is 11.9 Å². The molecule has 2 saturated carbocycles. The molecule has 2 bridgehead atoms. The fourth-order valence-electron chi connectivity index (χ4n) is 9.00. The summed E-state index contributed by atoms with van der Waals surface area (Å²) in [6.07, 6.45) is 1.71. The Morgan fingerprint density at radius 3 is 2.72 bits per heavy atom. The first-order valence-corrected chi connectivity index (χ1v) is 13.0. The number of ether oxygens (including phenoxy) is 3. The van der Waals surface area contributed by atoms with Crippen LogP contribution in [0.15, 0.2) is 23.3 Å². The van der Waals surface area contributed by atoms with Crippen LogP contribution < -0.4 is 0 Å². The van der Waals surface area contributed by atoms with E-state index in [9.17, 15) is 29.7 Å². The first-order valence-electron chi connectivity index (χ1n) is 13.0. The lowest BCUT2D eigenvalue weighted by atomic mass is 9.38. The first kappa shape index (κ1) is 24.3. The lowest BCUT2D eigenvalue weighted by molar-refractivity contribution is -0.339. The van der Waals surface area contributed by atoms with Gasteiger partial charge in [-0.2, -0.15) is 0 Å². The Kier molecular flexibility index (Phi) is 5.21. The minimum absolute atomic E-state index is 0.0522. The third-order valence-electron chi connectivity index (χ3n) is 10.4. The van der Waals surface area contributed by atoms with Crippen LogP contribution in [-0.2, 0) is 28.6 Å². The lowest BCUT2D eigenvalue weighted by Gasteiger charge is -2.68. The van der Waals surface area contributed by atoms with Crippen molar-refractivity contribution in [2.24, 2.45) is 34.5 Å². The number of carbonyl (C=O) groups excluding carboxylic acids is 3. The Bertz CT molecular complexity index is 1090. The number of aliphatic hydroxyl groups is 3. The molecule has 9 heteroatoms. The van der Waals surface area contributed by atoms with Crippen molar-refractivity contribution in [3.05, 3.63) is 23.3 Å². The molecule has 4 aliphatic carbocycles. The quantitative estimate of drug-likeness (QED) is 0.383. The van der Waals surface area contributed by atoms with E-state index in [2.05, 4.69) is 0 Å². The van der Waals surface area contributed by atoms with Gasteiger partial charge in [0.2, 0.25) is 6.10 Å². The van der Waals surface area contributed by atoms with Crippen LogP contribution in [0.3, 0.4) is 0 Å². The Hall–Kier alpha value is -2.07. The summed E-state index contributed by atoms with van der Waals surface area (Å²) in [5.41, 5.74) is -0.537. The van der Waals surface area contributed by atoms with Crippen molar-refractivity contribution in [1.29, 1.82) is 0 Å². The van der Waals surface area contributed by atoms with E-state index in [0.29, 0.717) is 6.42 Å². The standard InChI is InChI=1S/C27H34O9/c1-12-8-16(28)22(31)25(3)15(12)10-17-26-11-34-27(33,24(25)26)21(30)13(2)19(26)20(23(32)35-17)36-18(29)9-14-6-4-5-7-14/h6,8,13,15,17,19-22,24,30-31,33H,4-5,7,9-11H2,1-3H3. The third-order valence-corrected chi connectivity index (χ3v) is 10.4. The fourth-order valence-corrected chi connectivity index (χ4v) is 9.00. The monoisotopic (exact) mass is 502 g/mol. The van der Waals surface area contributed by atoms with E-state index in [4.69, 9.17) is 14.2 Å². The number of esters is 2. The van der Waals surface area contributed by atoms with Crippen molar-refractivity contribution >= 4 is 17.7 Å². The van der Waals surface area contributed by atoms with Crippen LogP contribution >= 0.6 is 0 Å². The van der Waals surface area contributed by atoms with E-state index in [0.717, 1.165) is 30.4 Å². The highest BCUT2D eigenvalue weighted by Gasteiger charge is 2.83. The molecule has 2 heterocycles. The summed E-state index contributed by atoms with van der Waals surface area (Å²) in [6, 6.07) is 0. The molecule has 2 aliphatic heterocycles. The molecule has 2 saturated heterocycles. The zero-order chi connectivity index (χ0) is 25.8. The largest absolute Gasteiger partial charge is 0.459 e. The Balaban J connectivity index is 1.46. The van der Waals surface area contributed by atoms with Crippen LogP contribution in [0.25, 0.3) is 0 Å². The highest BCUT2D eigenvalue weighted by molar-refractivity contribution is 5.96. The van der Waals surface area contributed by atoms with Gasteiger partial charge in [-0.05, 0) is 50.5 Å². The van der Waals surface area contributed by atoms with Gasteiger partial charge < -0.3 is 29.5 Å². The lowest BCUT2D eigenvalue weighted by Crippen LogP contribution is -2.78. The van der Waals surface area contributed by atoms with E-state index >= 15 is 0 Å². The normalized spacial score (nSPS) is 51.1. The molecule has 36 heavy (non-hydrogen) atoms. The van der Waals surface area contributed by atoms with Crippen LogP contribution in [0.5, 0.6) is 0 Å². The van der Waals surface area contributed by atoms with E-state index in [1.54, 1.807) is 20.8 Å². The molecule has 6 aliphatic rings. The number of rotatable bonds is 3. The Morgan fingerprint density at radius 2 is 2.03 bits per heavy atom. The summed E-state index contributed by atoms with van der Waals surface area (Å²) >= 11 is 0. The number of hydrogen-bond acceptors (Lipinski definition) is 9. The second-order valence-corrected chi connectivity index (χ2v) is 12.0. The van der Waals surface area contributed by atoms with Gasteiger partial charge in [-0.3, -0.25) is 9.59 Å². The van der Waals surface area contributed by atoms with Crippen molar-refractivity contribution < 1.29 is 43.9 Å². The Labute approximate surface area is 209 Å². The van der Waals surface area contributed by atoms with Gasteiger partial charge in [0.1, 0.15) is 18.3 Å². The molecule has 4 fully saturated rings. The van der Waals surface area contributed by atoms with Gasteiger partial charge in [0.05, 0.1) is 13.0 Å². The van der Waals surface area contributed by atoms with E-state index in [1.165, 1.54) is 6.08 Å². The van der Waals surface area contributed by atoms with Crippen LogP contribution in [-0.4, -0.2) is 69.9 Å². The SMILES string of the molecule is CC1=CC(=O)C(O)C2(C)C1CC1OC(=O)C(OC(=O)CC3=CCCC3)C3C(C)C(O)C4(O)OCC13C42. The zero-order valence-corrected chi connectivity index (χ0v) is 20.8. The topological polar surface area (TPSA) is 140 Å². The van der Waals surface area contributed by atoms with Gasteiger partial charge in [-0.1, -0.05) is 31.1 Å². The van der Waals surface area contributed by atoms with Gasteiger partial charge in [0, 0.05) is 22.7 Å². The van der Waals surface area contributed by atoms with Crippen LogP contribution in [0.4, 0.5) is 0 Å². The highest BCUT2D eigenvalue weighted by atomic mass is 16.7. The molecule has 0 aromatic heterocycles. The van der Waals surface area contributed by atoms with Crippen LogP contribution in [0.2, 0.25) is 0 Å². The summed E-state index contributed by atoms with van der Waals surface area (Å²) in [5, 5.41) is 34.5. The maximum absolute atomic E-state index is 13.3. The predicted octanol–water partition coefficient (Wildman–Crippen LogP) is 1.19. The summed E-state index contributed by atoms with van der Waals surface area (Å²) < 4.78 is 17.7. The number of aliphatic hydroxyl groups excluding tert-OH is 2. The van der Waals surface area contributed by atoms with Crippen LogP contribution in [0, 0.1) is 34.5 Å². The van der Waals surface area contributed by atoms with Gasteiger partial charge in [0.15, 0.2) is 11.6 Å². The molecular formula is C27H34O9. The molecule has 6 rings (SSSR count). The molecule has 0 aromatic rings. The predicted molar refractivity (Wildman–Crippen MR) is 123 cm³/mol. The van der Waals surface area contributed by atoms with E-state index < -0.39 is 76.5 Å². The molecule has 0 amide bonds. The number of carbonyl (C=O) groups is 3. The maximum Gasteiger partial charge on any atom is 0.348 e. The first-order chi connectivity index (χ1) is 17.0. The van der Waals surface area contributed by atoms with E-state index in [-0.39, 0.29) is 18.9 Å². The molecule has 1 spiro atoms. The fraction of sp³-hybridized carbons (Fsp3) is 0.741. The minimum Gasteiger partial charge on any atom is -0.459 e. The van der Waals surface area contributed by atoms with Crippen LogP contribution in [0.1, 0.15) is 52.9 Å². The number of hydrogen-bond donors (Lipinski definition) is 3. The number of allylic oxidation sites excluding steroid dienone is 2. The van der Waals surface area contributed by atoms with E-state index in [1.807, 2.05) is 6.08 Å². The summed E-state index contributed by atoms with van der Waals surface area (Å²) in [7, 11) is 0. The van der Waals surface area contributed by atoms with Gasteiger partial charge in [0.25, 0.3) is 0 Å². The molecular weight excluding hydrogens is 468 g/mol.